The first kappa shape index (κ1) is 26.8. The number of aliphatic hydroxyl groups is 2. The Morgan fingerprint density at radius 2 is 1.58 bits per heavy atom. The number of ether oxygens (including phenoxy) is 1. The molecular formula is C29H31Cl2NO4. The number of rotatable bonds is 10. The highest BCUT2D eigenvalue weighted by atomic mass is 35.5. The number of nitrogens with zero attached hydrogens (tertiary/aromatic N) is 1. The van der Waals surface area contributed by atoms with Crippen LogP contribution < -0.4 is 0 Å². The van der Waals surface area contributed by atoms with Crippen LogP contribution in [0, 0.1) is 0 Å². The summed E-state index contributed by atoms with van der Waals surface area (Å²) in [5.41, 5.74) is 1.46. The topological polar surface area (TPSA) is 70.0 Å². The normalized spacial score (nSPS) is 17.4. The van der Waals surface area contributed by atoms with E-state index in [1.807, 2.05) is 54.6 Å². The second kappa shape index (κ2) is 12.3. The number of piperidine rings is 1. The Labute approximate surface area is 222 Å². The fraction of sp³-hybridized carbons (Fsp3) is 0.345. The van der Waals surface area contributed by atoms with E-state index in [1.54, 1.807) is 24.3 Å². The van der Waals surface area contributed by atoms with Crippen molar-refractivity contribution < 1.29 is 19.7 Å². The van der Waals surface area contributed by atoms with Crippen LogP contribution in [-0.4, -0.2) is 59.3 Å². The standard InChI is InChI=1S/C29H31Cl2NO4/c30-25-12-11-21(17-26(25)31)18-27(28(34)22-7-3-1-4-8-22)36-20-24(33)19-32-15-13-29(35,14-16-32)23-9-5-2-6-10-23/h1-12,17,24,27,33,35H,13-16,18-20H2. The van der Waals surface area contributed by atoms with Gasteiger partial charge in [0, 0.05) is 31.6 Å². The summed E-state index contributed by atoms with van der Waals surface area (Å²) in [6.07, 6.45) is -0.0456. The molecule has 2 N–H and O–H groups in total. The van der Waals surface area contributed by atoms with E-state index in [1.165, 1.54) is 0 Å². The van der Waals surface area contributed by atoms with Crippen LogP contribution in [0.2, 0.25) is 10.0 Å². The molecule has 0 bridgehead atoms. The highest BCUT2D eigenvalue weighted by molar-refractivity contribution is 6.42. The van der Waals surface area contributed by atoms with Gasteiger partial charge >= 0.3 is 0 Å². The van der Waals surface area contributed by atoms with Gasteiger partial charge in [-0.3, -0.25) is 4.79 Å². The van der Waals surface area contributed by atoms with E-state index >= 15 is 0 Å². The number of carbonyl (C=O) groups is 1. The maximum absolute atomic E-state index is 13.2. The quantitative estimate of drug-likeness (QED) is 0.357. The third kappa shape index (κ3) is 6.94. The number of benzene rings is 3. The second-order valence-corrected chi connectivity index (χ2v) is 10.2. The lowest BCUT2D eigenvalue weighted by atomic mass is 9.84. The van der Waals surface area contributed by atoms with Gasteiger partial charge in [0.2, 0.25) is 0 Å². The summed E-state index contributed by atoms with van der Waals surface area (Å²) in [4.78, 5) is 15.3. The maximum Gasteiger partial charge on any atom is 0.191 e. The summed E-state index contributed by atoms with van der Waals surface area (Å²) in [5.74, 6) is -0.153. The molecule has 190 valence electrons. The third-order valence-corrected chi connectivity index (χ3v) is 7.45. The van der Waals surface area contributed by atoms with Gasteiger partial charge in [0.1, 0.15) is 6.10 Å². The molecule has 1 heterocycles. The molecular weight excluding hydrogens is 497 g/mol. The molecule has 1 saturated heterocycles. The Morgan fingerprint density at radius 3 is 2.22 bits per heavy atom. The largest absolute Gasteiger partial charge is 0.389 e. The molecule has 0 saturated carbocycles. The SMILES string of the molecule is O=C(c1ccccc1)C(Cc1ccc(Cl)c(Cl)c1)OCC(O)CN1CCC(O)(c2ccccc2)CC1. The molecule has 0 radical (unpaired) electrons. The number of aliphatic hydroxyl groups excluding tert-OH is 1. The van der Waals surface area contributed by atoms with E-state index in [-0.39, 0.29) is 12.4 Å². The number of likely N-dealkylation sites (tertiary alicyclic amines) is 1. The van der Waals surface area contributed by atoms with E-state index in [4.69, 9.17) is 27.9 Å². The number of Topliss-reactive ketones (excluding diaryl/α,β-unsaturated/α-hetero) is 1. The number of carbonyl (C=O) groups excluding carboxylic acids is 1. The van der Waals surface area contributed by atoms with E-state index < -0.39 is 17.8 Å². The zero-order chi connectivity index (χ0) is 25.5. The van der Waals surface area contributed by atoms with Gasteiger partial charge < -0.3 is 19.8 Å². The predicted octanol–water partition coefficient (Wildman–Crippen LogP) is 5.15. The fourth-order valence-corrected chi connectivity index (χ4v) is 4.94. The molecule has 4 rings (SSSR count). The summed E-state index contributed by atoms with van der Waals surface area (Å²) in [7, 11) is 0. The monoisotopic (exact) mass is 527 g/mol. The van der Waals surface area contributed by atoms with E-state index in [9.17, 15) is 15.0 Å². The van der Waals surface area contributed by atoms with Crippen LogP contribution in [-0.2, 0) is 16.8 Å². The Balaban J connectivity index is 1.35. The van der Waals surface area contributed by atoms with Crippen LogP contribution in [0.1, 0.15) is 34.3 Å². The highest BCUT2D eigenvalue weighted by Gasteiger charge is 2.34. The minimum absolute atomic E-state index is 0.0179. The van der Waals surface area contributed by atoms with Gasteiger partial charge in [0.05, 0.1) is 28.4 Å². The average Bonchev–Trinajstić information content (AvgIpc) is 2.90. The van der Waals surface area contributed by atoms with Crippen molar-refractivity contribution in [1.82, 2.24) is 4.90 Å². The van der Waals surface area contributed by atoms with Crippen molar-refractivity contribution in [3.05, 3.63) is 106 Å². The number of β-amino-alcohol motifs (C(OH)–C–C–N with tert-alkyl or cyclic N) is 1. The minimum atomic E-state index is -0.841. The lowest BCUT2D eigenvalue weighted by Gasteiger charge is -2.39. The van der Waals surface area contributed by atoms with Gasteiger partial charge in [0.15, 0.2) is 5.78 Å². The minimum Gasteiger partial charge on any atom is -0.389 e. The smallest absolute Gasteiger partial charge is 0.191 e. The average molecular weight is 528 g/mol. The van der Waals surface area contributed by atoms with Crippen molar-refractivity contribution in [3.63, 3.8) is 0 Å². The van der Waals surface area contributed by atoms with Crippen LogP contribution >= 0.6 is 23.2 Å². The van der Waals surface area contributed by atoms with E-state index in [2.05, 4.69) is 4.90 Å². The molecule has 0 aliphatic carbocycles. The first-order valence-corrected chi connectivity index (χ1v) is 12.9. The summed E-state index contributed by atoms with van der Waals surface area (Å²) in [6.45, 7) is 1.75. The zero-order valence-corrected chi connectivity index (χ0v) is 21.5. The molecule has 1 fully saturated rings. The molecule has 5 nitrogen and oxygen atoms in total. The zero-order valence-electron chi connectivity index (χ0n) is 20.0. The molecule has 1 aliphatic rings. The van der Waals surface area contributed by atoms with Gasteiger partial charge in [-0.25, -0.2) is 0 Å². The van der Waals surface area contributed by atoms with Crippen LogP contribution in [0.3, 0.4) is 0 Å². The van der Waals surface area contributed by atoms with Gasteiger partial charge in [-0.05, 0) is 36.1 Å². The van der Waals surface area contributed by atoms with Crippen molar-refractivity contribution in [2.75, 3.05) is 26.2 Å². The number of ketones is 1. The maximum atomic E-state index is 13.2. The number of hydrogen-bond donors (Lipinski definition) is 2. The summed E-state index contributed by atoms with van der Waals surface area (Å²) < 4.78 is 5.99. The summed E-state index contributed by atoms with van der Waals surface area (Å²) in [6, 6.07) is 24.0. The number of halogens is 2. The lowest BCUT2D eigenvalue weighted by Crippen LogP contribution is -2.46. The first-order valence-electron chi connectivity index (χ1n) is 12.2. The third-order valence-electron chi connectivity index (χ3n) is 6.71. The van der Waals surface area contributed by atoms with E-state index in [0.717, 1.165) is 11.1 Å². The van der Waals surface area contributed by atoms with Crippen molar-refractivity contribution >= 4 is 29.0 Å². The van der Waals surface area contributed by atoms with Crippen LogP contribution in [0.5, 0.6) is 0 Å². The van der Waals surface area contributed by atoms with Crippen molar-refractivity contribution in [2.24, 2.45) is 0 Å². The number of hydrogen-bond acceptors (Lipinski definition) is 5. The molecule has 2 unspecified atom stereocenters. The molecule has 7 heteroatoms. The van der Waals surface area contributed by atoms with Gasteiger partial charge in [-0.2, -0.15) is 0 Å². The van der Waals surface area contributed by atoms with Crippen molar-refractivity contribution in [2.45, 2.75) is 37.1 Å². The molecule has 3 aromatic rings. The molecule has 1 aliphatic heterocycles. The molecule has 2 atom stereocenters. The fourth-order valence-electron chi connectivity index (χ4n) is 4.62. The molecule has 0 amide bonds. The lowest BCUT2D eigenvalue weighted by molar-refractivity contribution is -0.0483. The van der Waals surface area contributed by atoms with Crippen molar-refractivity contribution in [1.29, 1.82) is 0 Å². The van der Waals surface area contributed by atoms with Crippen molar-refractivity contribution in [3.8, 4) is 0 Å². The Hall–Kier alpha value is -2.25. The summed E-state index contributed by atoms with van der Waals surface area (Å²) in [5, 5.41) is 22.6. The van der Waals surface area contributed by atoms with Gasteiger partial charge in [0.25, 0.3) is 0 Å². The second-order valence-electron chi connectivity index (χ2n) is 9.36. The Morgan fingerprint density at radius 1 is 0.944 bits per heavy atom. The predicted molar refractivity (Wildman–Crippen MR) is 143 cm³/mol. The Kier molecular flexibility index (Phi) is 9.18. The molecule has 3 aromatic carbocycles. The molecule has 0 spiro atoms. The van der Waals surface area contributed by atoms with Crippen LogP contribution in [0.25, 0.3) is 0 Å². The summed E-state index contributed by atoms with van der Waals surface area (Å²) >= 11 is 12.2. The molecule has 0 aromatic heterocycles. The van der Waals surface area contributed by atoms with Crippen LogP contribution in [0.4, 0.5) is 0 Å². The first-order chi connectivity index (χ1) is 17.3. The Bertz CT molecular complexity index is 1130. The van der Waals surface area contributed by atoms with Gasteiger partial charge in [-0.1, -0.05) is 89.9 Å². The van der Waals surface area contributed by atoms with Crippen LogP contribution in [0.15, 0.2) is 78.9 Å². The van der Waals surface area contributed by atoms with E-state index in [0.29, 0.717) is 54.5 Å². The van der Waals surface area contributed by atoms with Gasteiger partial charge in [-0.15, -0.1) is 0 Å². The highest BCUT2D eigenvalue weighted by Crippen LogP contribution is 2.32. The molecule has 36 heavy (non-hydrogen) atoms.